The van der Waals surface area contributed by atoms with Gasteiger partial charge in [0.1, 0.15) is 0 Å². The molecule has 0 heterocycles. The van der Waals surface area contributed by atoms with E-state index in [-0.39, 0.29) is 0 Å². The third kappa shape index (κ3) is 4.10. The Hall–Kier alpha value is -0.0800. The van der Waals surface area contributed by atoms with E-state index in [1.165, 1.54) is 32.1 Å². The summed E-state index contributed by atoms with van der Waals surface area (Å²) in [5.41, 5.74) is 0. The highest BCUT2D eigenvalue weighted by Crippen LogP contribution is 2.26. The number of ether oxygens (including phenoxy) is 1. The van der Waals surface area contributed by atoms with E-state index < -0.39 is 0 Å². The van der Waals surface area contributed by atoms with Crippen molar-refractivity contribution < 1.29 is 4.74 Å². The first-order valence-corrected chi connectivity index (χ1v) is 5.59. The van der Waals surface area contributed by atoms with E-state index in [2.05, 4.69) is 12.2 Å². The summed E-state index contributed by atoms with van der Waals surface area (Å²) < 4.78 is 5.01. The number of hydrogen-bond donors (Lipinski definition) is 1. The molecule has 13 heavy (non-hydrogen) atoms. The van der Waals surface area contributed by atoms with Crippen molar-refractivity contribution in [3.63, 3.8) is 0 Å². The molecule has 1 rings (SSSR count). The maximum atomic E-state index is 5.01. The lowest BCUT2D eigenvalue weighted by Gasteiger charge is -2.28. The Morgan fingerprint density at radius 3 is 2.46 bits per heavy atom. The molecule has 0 aromatic carbocycles. The molecule has 0 aromatic rings. The molecule has 0 spiro atoms. The van der Waals surface area contributed by atoms with Gasteiger partial charge in [-0.2, -0.15) is 0 Å². The Labute approximate surface area is 82.0 Å². The van der Waals surface area contributed by atoms with Gasteiger partial charge in [-0.25, -0.2) is 0 Å². The van der Waals surface area contributed by atoms with Crippen molar-refractivity contribution in [2.75, 3.05) is 20.3 Å². The first kappa shape index (κ1) is 11.0. The molecule has 0 saturated heterocycles. The molecule has 0 unspecified atom stereocenters. The molecule has 1 saturated carbocycles. The lowest BCUT2D eigenvalue weighted by Crippen LogP contribution is -2.35. The number of rotatable bonds is 5. The van der Waals surface area contributed by atoms with Crippen LogP contribution in [0.1, 0.15) is 39.0 Å². The zero-order chi connectivity index (χ0) is 9.52. The molecule has 0 aromatic heterocycles. The molecule has 78 valence electrons. The Morgan fingerprint density at radius 1 is 1.23 bits per heavy atom. The fraction of sp³-hybridized carbons (Fsp3) is 1.00. The zero-order valence-corrected chi connectivity index (χ0v) is 9.01. The highest BCUT2D eigenvalue weighted by Gasteiger charge is 2.18. The fourth-order valence-electron chi connectivity index (χ4n) is 2.14. The van der Waals surface area contributed by atoms with E-state index in [0.717, 1.165) is 25.1 Å². The van der Waals surface area contributed by atoms with Crippen LogP contribution in [0.15, 0.2) is 0 Å². The number of hydrogen-bond acceptors (Lipinski definition) is 2. The minimum atomic E-state index is 0.762. The maximum Gasteiger partial charge on any atom is 0.0587 e. The summed E-state index contributed by atoms with van der Waals surface area (Å²) in [6.45, 7) is 4.16. The van der Waals surface area contributed by atoms with Crippen LogP contribution in [0.4, 0.5) is 0 Å². The lowest BCUT2D eigenvalue weighted by atomic mass is 9.84. The van der Waals surface area contributed by atoms with Gasteiger partial charge < -0.3 is 10.1 Å². The second-order valence-electron chi connectivity index (χ2n) is 4.07. The predicted molar refractivity (Wildman–Crippen MR) is 55.9 cm³/mol. The summed E-state index contributed by atoms with van der Waals surface area (Å²) in [5, 5.41) is 3.54. The number of methoxy groups -OCH3 is 1. The second kappa shape index (κ2) is 6.39. The van der Waals surface area contributed by atoms with Gasteiger partial charge in [-0.05, 0) is 31.6 Å². The monoisotopic (exact) mass is 185 g/mol. The summed E-state index contributed by atoms with van der Waals surface area (Å²) in [6.07, 6.45) is 6.93. The number of nitrogens with one attached hydrogen (secondary N) is 1. The smallest absolute Gasteiger partial charge is 0.0587 e. The third-order valence-corrected chi connectivity index (χ3v) is 3.16. The van der Waals surface area contributed by atoms with Crippen molar-refractivity contribution in [3.05, 3.63) is 0 Å². The molecule has 0 atom stereocenters. The van der Waals surface area contributed by atoms with Crippen molar-refractivity contribution in [2.45, 2.75) is 45.1 Å². The van der Waals surface area contributed by atoms with Crippen molar-refractivity contribution in [1.82, 2.24) is 5.32 Å². The molecule has 0 bridgehead atoms. The maximum absolute atomic E-state index is 5.01. The van der Waals surface area contributed by atoms with Crippen LogP contribution in [0.25, 0.3) is 0 Å². The Morgan fingerprint density at radius 2 is 1.92 bits per heavy atom. The molecular formula is C11H23NO. The molecule has 1 aliphatic carbocycles. The minimum absolute atomic E-state index is 0.762. The van der Waals surface area contributed by atoms with E-state index in [9.17, 15) is 0 Å². The van der Waals surface area contributed by atoms with Gasteiger partial charge >= 0.3 is 0 Å². The van der Waals surface area contributed by atoms with E-state index in [0.29, 0.717) is 0 Å². The van der Waals surface area contributed by atoms with E-state index >= 15 is 0 Å². The lowest BCUT2D eigenvalue weighted by molar-refractivity contribution is 0.188. The van der Waals surface area contributed by atoms with Crippen LogP contribution in [-0.4, -0.2) is 26.3 Å². The van der Waals surface area contributed by atoms with E-state index in [1.807, 2.05) is 0 Å². The van der Waals surface area contributed by atoms with Crippen LogP contribution in [-0.2, 0) is 4.74 Å². The van der Waals surface area contributed by atoms with Crippen molar-refractivity contribution in [3.8, 4) is 0 Å². The standard InChI is InChI=1S/C11H23NO/c1-3-10-4-6-11(7-5-10)12-8-9-13-2/h10-12H,3-9H2,1-2H3. The van der Waals surface area contributed by atoms with Crippen LogP contribution in [0.2, 0.25) is 0 Å². The first-order chi connectivity index (χ1) is 6.36. The van der Waals surface area contributed by atoms with Gasteiger partial charge in [0.15, 0.2) is 0 Å². The van der Waals surface area contributed by atoms with Crippen LogP contribution < -0.4 is 5.32 Å². The summed E-state index contributed by atoms with van der Waals surface area (Å²) in [5.74, 6) is 1.00. The van der Waals surface area contributed by atoms with Crippen LogP contribution in [0.3, 0.4) is 0 Å². The Bertz CT molecular complexity index is 117. The molecule has 2 heteroatoms. The Balaban J connectivity index is 2.03. The van der Waals surface area contributed by atoms with Gasteiger partial charge in [-0.3, -0.25) is 0 Å². The average molecular weight is 185 g/mol. The van der Waals surface area contributed by atoms with Crippen molar-refractivity contribution in [1.29, 1.82) is 0 Å². The molecule has 0 aliphatic heterocycles. The molecule has 1 fully saturated rings. The predicted octanol–water partition coefficient (Wildman–Crippen LogP) is 2.19. The van der Waals surface area contributed by atoms with E-state index in [1.54, 1.807) is 7.11 Å². The summed E-state index contributed by atoms with van der Waals surface area (Å²) >= 11 is 0. The largest absolute Gasteiger partial charge is 0.383 e. The average Bonchev–Trinajstić information content (AvgIpc) is 2.19. The molecular weight excluding hydrogens is 162 g/mol. The molecule has 0 amide bonds. The van der Waals surface area contributed by atoms with Gasteiger partial charge in [0.2, 0.25) is 0 Å². The topological polar surface area (TPSA) is 21.3 Å². The molecule has 0 radical (unpaired) electrons. The Kier molecular flexibility index (Phi) is 5.40. The van der Waals surface area contributed by atoms with Crippen LogP contribution in [0.5, 0.6) is 0 Å². The fourth-order valence-corrected chi connectivity index (χ4v) is 2.14. The van der Waals surface area contributed by atoms with Crippen molar-refractivity contribution in [2.24, 2.45) is 5.92 Å². The van der Waals surface area contributed by atoms with Crippen LogP contribution in [0, 0.1) is 5.92 Å². The van der Waals surface area contributed by atoms with Crippen LogP contribution >= 0.6 is 0 Å². The molecule has 1 aliphatic rings. The van der Waals surface area contributed by atoms with Gasteiger partial charge in [0.05, 0.1) is 6.61 Å². The zero-order valence-electron chi connectivity index (χ0n) is 9.01. The highest BCUT2D eigenvalue weighted by molar-refractivity contribution is 4.76. The van der Waals surface area contributed by atoms with E-state index in [4.69, 9.17) is 4.74 Å². The summed E-state index contributed by atoms with van der Waals surface area (Å²) in [7, 11) is 1.76. The van der Waals surface area contributed by atoms with Gasteiger partial charge in [-0.1, -0.05) is 13.3 Å². The minimum Gasteiger partial charge on any atom is -0.383 e. The normalized spacial score (nSPS) is 29.1. The quantitative estimate of drug-likeness (QED) is 0.663. The summed E-state index contributed by atoms with van der Waals surface area (Å²) in [4.78, 5) is 0. The molecule has 1 N–H and O–H groups in total. The molecule has 2 nitrogen and oxygen atoms in total. The van der Waals surface area contributed by atoms with Crippen molar-refractivity contribution >= 4 is 0 Å². The third-order valence-electron chi connectivity index (χ3n) is 3.16. The second-order valence-corrected chi connectivity index (χ2v) is 4.07. The van der Waals surface area contributed by atoms with Gasteiger partial charge in [-0.15, -0.1) is 0 Å². The van der Waals surface area contributed by atoms with Gasteiger partial charge in [0, 0.05) is 19.7 Å². The highest BCUT2D eigenvalue weighted by atomic mass is 16.5. The van der Waals surface area contributed by atoms with Gasteiger partial charge in [0.25, 0.3) is 0 Å². The first-order valence-electron chi connectivity index (χ1n) is 5.59. The SMILES string of the molecule is CCC1CCC(NCCOC)CC1. The summed E-state index contributed by atoms with van der Waals surface area (Å²) in [6, 6.07) is 0.762.